The van der Waals surface area contributed by atoms with Crippen LogP contribution in [-0.4, -0.2) is 9.13 Å². The summed E-state index contributed by atoms with van der Waals surface area (Å²) in [6.45, 7) is 8.73. The molecule has 0 saturated heterocycles. The Kier molecular flexibility index (Phi) is 10.0. The van der Waals surface area contributed by atoms with Gasteiger partial charge in [-0.15, -0.1) is 0 Å². The Balaban J connectivity index is 0.818. The number of anilines is 3. The van der Waals surface area contributed by atoms with Crippen molar-refractivity contribution < 1.29 is 0 Å². The quantitative estimate of drug-likeness (QED) is 0.141. The molecule has 2 aromatic heterocycles. The highest BCUT2D eigenvalue weighted by Gasteiger charge is 2.36. The second-order valence-electron chi connectivity index (χ2n) is 20.2. The van der Waals surface area contributed by atoms with Gasteiger partial charge in [0.15, 0.2) is 0 Å². The summed E-state index contributed by atoms with van der Waals surface area (Å²) in [5.74, 6) is 0. The summed E-state index contributed by atoms with van der Waals surface area (Å²) in [7, 11) is 0. The van der Waals surface area contributed by atoms with Gasteiger partial charge in [-0.05, 0) is 158 Å². The molecule has 0 aliphatic heterocycles. The van der Waals surface area contributed by atoms with Gasteiger partial charge in [0.25, 0.3) is 0 Å². The highest BCUT2D eigenvalue weighted by molar-refractivity contribution is 6.11. The molecule has 0 bridgehead atoms. The zero-order chi connectivity index (χ0) is 49.5. The maximum Gasteiger partial charge on any atom is 0.0541 e. The minimum atomic E-state index is -0.244. The van der Waals surface area contributed by atoms with Crippen LogP contribution in [0.3, 0.4) is 0 Å². The van der Waals surface area contributed by atoms with Crippen LogP contribution in [0.4, 0.5) is 17.1 Å². The van der Waals surface area contributed by atoms with E-state index in [1.807, 2.05) is 6.08 Å². The summed E-state index contributed by atoms with van der Waals surface area (Å²) in [6.07, 6.45) is 1.89. The molecule has 1 aliphatic rings. The lowest BCUT2D eigenvalue weighted by molar-refractivity contribution is 0.660. The molecular weight excluding hydrogens is 895 g/mol. The zero-order valence-electron chi connectivity index (χ0n) is 41.4. The number of hydrogen-bond donors (Lipinski definition) is 0. The van der Waals surface area contributed by atoms with Gasteiger partial charge in [0, 0.05) is 55.4 Å². The normalized spacial score (nSPS) is 12.6. The average molecular weight is 946 g/mol. The van der Waals surface area contributed by atoms with Crippen LogP contribution in [0, 0.1) is 0 Å². The number of rotatable bonds is 9. The molecule has 0 amide bonds. The van der Waals surface area contributed by atoms with Crippen LogP contribution in [0.2, 0.25) is 0 Å². The van der Waals surface area contributed by atoms with Crippen molar-refractivity contribution in [3.63, 3.8) is 0 Å². The molecule has 0 fully saturated rings. The number of fused-ring (bicyclic) bond motifs is 9. The van der Waals surface area contributed by atoms with Crippen molar-refractivity contribution in [1.82, 2.24) is 9.13 Å². The van der Waals surface area contributed by atoms with Crippen LogP contribution < -0.4 is 4.90 Å². The summed E-state index contributed by atoms with van der Waals surface area (Å²) in [5.41, 5.74) is 23.8. The number of hydrogen-bond acceptors (Lipinski definition) is 1. The van der Waals surface area contributed by atoms with Crippen molar-refractivity contribution in [1.29, 1.82) is 0 Å². The van der Waals surface area contributed by atoms with Crippen molar-refractivity contribution in [2.24, 2.45) is 0 Å². The van der Waals surface area contributed by atoms with Crippen LogP contribution in [0.25, 0.3) is 106 Å². The molecule has 3 nitrogen and oxygen atoms in total. The van der Waals surface area contributed by atoms with Gasteiger partial charge >= 0.3 is 0 Å². The van der Waals surface area contributed by atoms with Crippen molar-refractivity contribution >= 4 is 66.7 Å². The molecule has 0 N–H and O–H groups in total. The Morgan fingerprint density at radius 3 is 1.28 bits per heavy atom. The predicted octanol–water partition coefficient (Wildman–Crippen LogP) is 19.3. The molecule has 3 heteroatoms. The largest absolute Gasteiger partial charge is 0.310 e. The van der Waals surface area contributed by atoms with E-state index in [0.717, 1.165) is 28.3 Å². The third-order valence-corrected chi connectivity index (χ3v) is 15.7. The minimum absolute atomic E-state index is 0.244. The lowest BCUT2D eigenvalue weighted by Gasteiger charge is -2.28. The Bertz CT molecular complexity index is 4250. The van der Waals surface area contributed by atoms with Gasteiger partial charge in [-0.1, -0.05) is 184 Å². The van der Waals surface area contributed by atoms with Crippen molar-refractivity contribution in [2.45, 2.75) is 19.3 Å². The van der Waals surface area contributed by atoms with E-state index in [0.29, 0.717) is 0 Å². The Hall–Kier alpha value is -9.44. The molecule has 74 heavy (non-hydrogen) atoms. The maximum absolute atomic E-state index is 3.95. The standard InChI is InChI=1S/C71H51N3/c1-4-47-22-24-48(25-23-47)49-26-34-55(35-27-49)72(56-36-28-50(29-37-56)51-30-38-57(39-31-51)74-67-19-11-8-16-61(67)62-17-9-12-20-68(62)74)58-40-42-60-59-41-32-53(45-65(59)71(2,3)66(60)46-58)52-33-43-70-64(44-52)63-18-10-13-21-69(63)73(70)54-14-6-5-7-15-54/h4-46H,1H2,2-3H3. The third kappa shape index (κ3) is 6.96. The van der Waals surface area contributed by atoms with E-state index >= 15 is 0 Å². The first-order valence-electron chi connectivity index (χ1n) is 25.6. The molecular formula is C71H51N3. The maximum atomic E-state index is 3.95. The van der Waals surface area contributed by atoms with Gasteiger partial charge in [0.2, 0.25) is 0 Å². The lowest BCUT2D eigenvalue weighted by Crippen LogP contribution is -2.16. The van der Waals surface area contributed by atoms with Crippen LogP contribution in [0.15, 0.2) is 261 Å². The van der Waals surface area contributed by atoms with Crippen LogP contribution in [0.5, 0.6) is 0 Å². The van der Waals surface area contributed by atoms with Crippen molar-refractivity contribution in [2.75, 3.05) is 4.90 Å². The van der Waals surface area contributed by atoms with Crippen molar-refractivity contribution in [3.05, 3.63) is 278 Å². The molecule has 14 rings (SSSR count). The first-order chi connectivity index (χ1) is 36.4. The van der Waals surface area contributed by atoms with Crippen LogP contribution in [-0.2, 0) is 5.41 Å². The van der Waals surface area contributed by atoms with Crippen LogP contribution in [0.1, 0.15) is 30.5 Å². The second-order valence-corrected chi connectivity index (χ2v) is 20.2. The van der Waals surface area contributed by atoms with E-state index in [4.69, 9.17) is 0 Å². The summed E-state index contributed by atoms with van der Waals surface area (Å²) in [5, 5.41) is 5.05. The molecule has 0 saturated carbocycles. The number of benzene rings is 11. The lowest BCUT2D eigenvalue weighted by atomic mass is 9.81. The Morgan fingerprint density at radius 2 is 0.730 bits per heavy atom. The molecule has 350 valence electrons. The van der Waals surface area contributed by atoms with E-state index in [1.54, 1.807) is 0 Å². The monoisotopic (exact) mass is 945 g/mol. The van der Waals surface area contributed by atoms with E-state index in [-0.39, 0.29) is 5.41 Å². The molecule has 11 aromatic carbocycles. The van der Waals surface area contributed by atoms with Crippen molar-refractivity contribution in [3.8, 4) is 55.9 Å². The van der Waals surface area contributed by atoms with E-state index in [9.17, 15) is 0 Å². The highest BCUT2D eigenvalue weighted by Crippen LogP contribution is 2.52. The fraction of sp³-hybridized carbons (Fsp3) is 0.0423. The van der Waals surface area contributed by atoms with Gasteiger partial charge in [-0.25, -0.2) is 0 Å². The van der Waals surface area contributed by atoms with Crippen LogP contribution >= 0.6 is 0 Å². The SMILES string of the molecule is C=Cc1ccc(-c2ccc(N(c3ccc(-c4ccc(-n5c6ccccc6c6ccccc65)cc4)cc3)c3ccc4c(c3)C(C)(C)c3cc(-c5ccc6c(c5)c5ccccc5n6-c5ccccc5)ccc3-4)cc2)cc1. The van der Waals surface area contributed by atoms with E-state index < -0.39 is 0 Å². The topological polar surface area (TPSA) is 13.1 Å². The van der Waals surface area contributed by atoms with E-state index in [1.165, 1.54) is 105 Å². The zero-order valence-corrected chi connectivity index (χ0v) is 41.4. The van der Waals surface area contributed by atoms with Gasteiger partial charge < -0.3 is 14.0 Å². The Morgan fingerprint density at radius 1 is 0.338 bits per heavy atom. The highest BCUT2D eigenvalue weighted by atomic mass is 15.1. The first kappa shape index (κ1) is 43.4. The van der Waals surface area contributed by atoms with E-state index in [2.05, 4.69) is 289 Å². The molecule has 0 radical (unpaired) electrons. The number of nitrogens with zero attached hydrogens (tertiary/aromatic N) is 3. The predicted molar refractivity (Wildman–Crippen MR) is 314 cm³/mol. The summed E-state index contributed by atoms with van der Waals surface area (Å²) < 4.78 is 4.76. The number of aromatic nitrogens is 2. The minimum Gasteiger partial charge on any atom is -0.310 e. The van der Waals surface area contributed by atoms with Gasteiger partial charge in [0.05, 0.1) is 22.1 Å². The summed E-state index contributed by atoms with van der Waals surface area (Å²) in [4.78, 5) is 2.41. The average Bonchev–Trinajstić information content (AvgIpc) is 4.06. The molecule has 0 spiro atoms. The Labute approximate surface area is 431 Å². The fourth-order valence-electron chi connectivity index (χ4n) is 11.9. The van der Waals surface area contributed by atoms with Gasteiger partial charge in [0.1, 0.15) is 0 Å². The molecule has 0 atom stereocenters. The molecule has 13 aromatic rings. The summed E-state index contributed by atoms with van der Waals surface area (Å²) >= 11 is 0. The molecule has 1 aliphatic carbocycles. The number of para-hydroxylation sites is 4. The summed E-state index contributed by atoms with van der Waals surface area (Å²) in [6, 6.07) is 93.6. The molecule has 2 heterocycles. The molecule has 0 unspecified atom stereocenters. The fourth-order valence-corrected chi connectivity index (χ4v) is 11.9. The smallest absolute Gasteiger partial charge is 0.0541 e. The first-order valence-corrected chi connectivity index (χ1v) is 25.6. The third-order valence-electron chi connectivity index (χ3n) is 15.7. The van der Waals surface area contributed by atoms with Gasteiger partial charge in [-0.2, -0.15) is 0 Å². The second kappa shape index (κ2) is 17.1. The van der Waals surface area contributed by atoms with Gasteiger partial charge in [-0.3, -0.25) is 0 Å².